The summed E-state index contributed by atoms with van der Waals surface area (Å²) in [6.45, 7) is 0. The van der Waals surface area contributed by atoms with Gasteiger partial charge in [-0.3, -0.25) is 9.55 Å². The topological polar surface area (TPSA) is 41.9 Å². The van der Waals surface area contributed by atoms with Crippen LogP contribution >= 0.6 is 0 Å². The van der Waals surface area contributed by atoms with Gasteiger partial charge in [-0.05, 0) is 30.0 Å². The molecule has 3 aromatic carbocycles. The molecule has 0 spiro atoms. The summed E-state index contributed by atoms with van der Waals surface area (Å²) in [4.78, 5) is 3.78. The molecule has 5 heteroatoms. The van der Waals surface area contributed by atoms with Gasteiger partial charge in [-0.15, -0.1) is 0 Å². The zero-order valence-electron chi connectivity index (χ0n) is 15.4. The van der Waals surface area contributed by atoms with Crippen molar-refractivity contribution in [2.75, 3.05) is 0 Å². The van der Waals surface area contributed by atoms with Crippen molar-refractivity contribution in [1.82, 2.24) is 9.55 Å². The predicted molar refractivity (Wildman–Crippen MR) is 108 cm³/mol. The summed E-state index contributed by atoms with van der Waals surface area (Å²) in [5.41, 5.74) is 3.59. The van der Waals surface area contributed by atoms with Crippen LogP contribution in [0, 0.1) is 12.4 Å². The quantitative estimate of drug-likeness (QED) is 0.259. The molecule has 144 valence electrons. The van der Waals surface area contributed by atoms with Gasteiger partial charge in [0, 0.05) is 12.4 Å². The van der Waals surface area contributed by atoms with Crippen LogP contribution in [0.25, 0.3) is 22.4 Å². The van der Waals surface area contributed by atoms with Crippen molar-refractivity contribution in [2.45, 2.75) is 0 Å². The van der Waals surface area contributed by atoms with Crippen LogP contribution in [0.1, 0.15) is 0 Å². The molecule has 0 aliphatic carbocycles. The molecule has 2 heterocycles. The second kappa shape index (κ2) is 9.81. The molecule has 0 atom stereocenters. The van der Waals surface area contributed by atoms with Gasteiger partial charge in [-0.2, -0.15) is 30.3 Å². The summed E-state index contributed by atoms with van der Waals surface area (Å²) in [5.74, 6) is 0.226. The first kappa shape index (κ1) is 20.5. The van der Waals surface area contributed by atoms with Gasteiger partial charge in [-0.1, -0.05) is 42.5 Å². The number of benzene rings is 3. The minimum absolute atomic E-state index is 0. The van der Waals surface area contributed by atoms with E-state index in [0.717, 1.165) is 16.7 Å². The molecule has 0 radical (unpaired) electrons. The van der Waals surface area contributed by atoms with Crippen molar-refractivity contribution in [2.24, 2.45) is 0 Å². The van der Waals surface area contributed by atoms with Crippen molar-refractivity contribution >= 4 is 11.0 Å². The maximum absolute atomic E-state index is 10.1. The van der Waals surface area contributed by atoms with Crippen LogP contribution in [0.3, 0.4) is 0 Å². The number of fused-ring (bicyclic) bond motifs is 1. The van der Waals surface area contributed by atoms with Gasteiger partial charge in [0.25, 0.3) is 6.33 Å². The Kier molecular flexibility index (Phi) is 6.93. The number of hydrogen-bond donors (Lipinski definition) is 1. The number of aromatic nitrogens is 3. The van der Waals surface area contributed by atoms with Crippen molar-refractivity contribution in [3.05, 3.63) is 116 Å². The number of nitrogens with zero attached hydrogens (tertiary/aromatic N) is 3. The Morgan fingerprint density at radius 1 is 0.793 bits per heavy atom. The number of aromatic hydroxyl groups is 1. The van der Waals surface area contributed by atoms with Gasteiger partial charge in [0.05, 0.1) is 11.0 Å². The van der Waals surface area contributed by atoms with Crippen LogP contribution in [-0.2, 0) is 21.1 Å². The molecule has 5 rings (SSSR count). The van der Waals surface area contributed by atoms with Gasteiger partial charge in [0.1, 0.15) is 11.4 Å². The minimum atomic E-state index is 0. The Labute approximate surface area is 184 Å². The van der Waals surface area contributed by atoms with Gasteiger partial charge in [0.2, 0.25) is 0 Å². The Balaban J connectivity index is 0.000000297. The largest absolute Gasteiger partial charge is 2.00 e. The van der Waals surface area contributed by atoms with E-state index in [1.165, 1.54) is 0 Å². The molecule has 0 aliphatic rings. The molecule has 0 bridgehead atoms. The van der Waals surface area contributed by atoms with Crippen LogP contribution < -0.4 is 4.57 Å². The minimum Gasteiger partial charge on any atom is -0.511 e. The molecule has 0 saturated carbocycles. The number of hydrogen-bond acceptors (Lipinski definition) is 2. The molecule has 0 amide bonds. The van der Waals surface area contributed by atoms with Gasteiger partial charge >= 0.3 is 21.1 Å². The molecule has 0 aliphatic heterocycles. The summed E-state index contributed by atoms with van der Waals surface area (Å²) >= 11 is 0. The number of rotatable bonds is 2. The van der Waals surface area contributed by atoms with Crippen LogP contribution in [0.4, 0.5) is 0 Å². The predicted octanol–water partition coefficient (Wildman–Crippen LogP) is 4.29. The van der Waals surface area contributed by atoms with E-state index in [4.69, 9.17) is 0 Å². The van der Waals surface area contributed by atoms with Crippen molar-refractivity contribution < 1.29 is 30.7 Å². The fourth-order valence-electron chi connectivity index (χ4n) is 2.91. The van der Waals surface area contributed by atoms with E-state index >= 15 is 0 Å². The number of phenolic OH excluding ortho intramolecular Hbond substituents is 1. The van der Waals surface area contributed by atoms with Gasteiger partial charge in [0.15, 0.2) is 0 Å². The van der Waals surface area contributed by atoms with E-state index < -0.39 is 0 Å². The fraction of sp³-hybridized carbons (Fsp3) is 0. The first-order valence-corrected chi connectivity index (χ1v) is 8.90. The molecule has 0 unspecified atom stereocenters. The number of phenols is 1. The van der Waals surface area contributed by atoms with Crippen molar-refractivity contribution in [3.63, 3.8) is 0 Å². The van der Waals surface area contributed by atoms with Crippen molar-refractivity contribution in [3.8, 4) is 17.1 Å². The van der Waals surface area contributed by atoms with E-state index in [1.807, 2.05) is 94.1 Å². The molecular formula is C24H18N3OPt+. The second-order valence-corrected chi connectivity index (χ2v) is 6.02. The first-order chi connectivity index (χ1) is 13.8. The second-order valence-electron chi connectivity index (χ2n) is 6.02. The van der Waals surface area contributed by atoms with Gasteiger partial charge < -0.3 is 9.67 Å². The van der Waals surface area contributed by atoms with Crippen molar-refractivity contribution in [1.29, 1.82) is 0 Å². The Hall–Kier alpha value is -3.23. The summed E-state index contributed by atoms with van der Waals surface area (Å²) < 4.78 is 3.81. The Morgan fingerprint density at radius 3 is 2.17 bits per heavy atom. The zero-order valence-corrected chi connectivity index (χ0v) is 17.7. The Bertz CT molecular complexity index is 1150. The van der Waals surface area contributed by atoms with Gasteiger partial charge in [-0.25, -0.2) is 0 Å². The van der Waals surface area contributed by atoms with E-state index in [1.54, 1.807) is 18.5 Å². The summed E-state index contributed by atoms with van der Waals surface area (Å²) in [5, 5.41) is 10.1. The summed E-state index contributed by atoms with van der Waals surface area (Å²) in [6, 6.07) is 32.0. The normalized spacial score (nSPS) is 9.93. The van der Waals surface area contributed by atoms with E-state index in [-0.39, 0.29) is 26.8 Å². The molecule has 5 aromatic rings. The maximum Gasteiger partial charge on any atom is 2.00 e. The smallest absolute Gasteiger partial charge is 0.511 e. The SMILES string of the molecule is Oc1ccccc1-[n+]1[c-]n(-c2[c-]cccc2)c2ccccc21.[Pt+2].c1ccncc1. The molecule has 0 saturated heterocycles. The first-order valence-electron chi connectivity index (χ1n) is 8.90. The Morgan fingerprint density at radius 2 is 1.52 bits per heavy atom. The molecule has 4 nitrogen and oxygen atoms in total. The third-order valence-corrected chi connectivity index (χ3v) is 4.19. The molecule has 29 heavy (non-hydrogen) atoms. The maximum atomic E-state index is 10.1. The number of pyridine rings is 1. The number of imidazole rings is 1. The number of para-hydroxylation sites is 5. The molecular weight excluding hydrogens is 541 g/mol. The third kappa shape index (κ3) is 4.61. The van der Waals surface area contributed by atoms with E-state index in [2.05, 4.69) is 17.4 Å². The standard InChI is InChI=1S/C19H13N2O.C5H5N.Pt/c22-19-13-7-6-12-18(19)21-14-20(15-8-2-1-3-9-15)16-10-4-5-11-17(16)21;1-2-4-6-5-3-1;/h1-8,10-13,22H;1-5H;/q-1;;+2. The summed E-state index contributed by atoms with van der Waals surface area (Å²) in [7, 11) is 0. The average Bonchev–Trinajstić information content (AvgIpc) is 3.16. The molecule has 0 fully saturated rings. The van der Waals surface area contributed by atoms with Crippen LogP contribution in [-0.4, -0.2) is 14.7 Å². The third-order valence-electron chi connectivity index (χ3n) is 4.19. The van der Waals surface area contributed by atoms with Crippen LogP contribution in [0.2, 0.25) is 0 Å². The van der Waals surface area contributed by atoms with E-state index in [0.29, 0.717) is 5.69 Å². The molecule has 2 aromatic heterocycles. The van der Waals surface area contributed by atoms with Crippen LogP contribution in [0.5, 0.6) is 5.75 Å². The molecule has 1 N–H and O–H groups in total. The van der Waals surface area contributed by atoms with E-state index in [9.17, 15) is 5.11 Å². The summed E-state index contributed by atoms with van der Waals surface area (Å²) in [6.07, 6.45) is 6.81. The zero-order chi connectivity index (χ0) is 19.2. The fourth-order valence-corrected chi connectivity index (χ4v) is 2.91. The monoisotopic (exact) mass is 559 g/mol. The van der Waals surface area contributed by atoms with Crippen LogP contribution in [0.15, 0.2) is 103 Å². The average molecular weight is 560 g/mol.